The summed E-state index contributed by atoms with van der Waals surface area (Å²) in [7, 11) is 0. The molecule has 0 heterocycles. The van der Waals surface area contributed by atoms with Gasteiger partial charge in [-0.2, -0.15) is 0 Å². The van der Waals surface area contributed by atoms with Gasteiger partial charge in [0.1, 0.15) is 0 Å². The van der Waals surface area contributed by atoms with Gasteiger partial charge in [-0.25, -0.2) is 0 Å². The summed E-state index contributed by atoms with van der Waals surface area (Å²) < 4.78 is 0. The highest BCUT2D eigenvalue weighted by Crippen LogP contribution is 2.19. The molecule has 28 heavy (non-hydrogen) atoms. The lowest BCUT2D eigenvalue weighted by Gasteiger charge is -2.22. The first-order valence-corrected chi connectivity index (χ1v) is 8.67. The van der Waals surface area contributed by atoms with E-state index in [1.165, 1.54) is 17.0 Å². The third-order valence-corrected chi connectivity index (χ3v) is 4.13. The van der Waals surface area contributed by atoms with Crippen molar-refractivity contribution < 1.29 is 14.4 Å². The minimum Gasteiger partial charge on any atom is -0.366 e. The molecule has 0 bridgehead atoms. The fourth-order valence-corrected chi connectivity index (χ4v) is 2.76. The lowest BCUT2D eigenvalue weighted by Crippen LogP contribution is -2.39. The van der Waals surface area contributed by atoms with E-state index in [4.69, 9.17) is 5.73 Å². The van der Waals surface area contributed by atoms with Crippen molar-refractivity contribution in [3.8, 4) is 0 Å². The van der Waals surface area contributed by atoms with Crippen LogP contribution in [0.1, 0.15) is 15.9 Å². The van der Waals surface area contributed by atoms with Crippen molar-refractivity contribution >= 4 is 29.1 Å². The van der Waals surface area contributed by atoms with Crippen LogP contribution in [0.3, 0.4) is 0 Å². The second kappa shape index (κ2) is 8.64. The summed E-state index contributed by atoms with van der Waals surface area (Å²) in [5.74, 6) is -2.28. The van der Waals surface area contributed by atoms with E-state index in [0.717, 1.165) is 5.56 Å². The Hall–Kier alpha value is -3.93. The second-order valence-corrected chi connectivity index (χ2v) is 6.08. The van der Waals surface area contributed by atoms with Crippen LogP contribution in [0, 0.1) is 0 Å². The Kier molecular flexibility index (Phi) is 5.81. The molecule has 3 rings (SSSR count). The Morgan fingerprint density at radius 1 is 0.786 bits per heavy atom. The summed E-state index contributed by atoms with van der Waals surface area (Å²) in [5, 5.41) is 2.50. The summed E-state index contributed by atoms with van der Waals surface area (Å²) in [6.45, 7) is 0.231. The number of benzene rings is 3. The number of primary amides is 1. The minimum atomic E-state index is -0.853. The maximum Gasteiger partial charge on any atom is 0.316 e. The van der Waals surface area contributed by atoms with Gasteiger partial charge in [0.25, 0.3) is 5.91 Å². The summed E-state index contributed by atoms with van der Waals surface area (Å²) in [6.07, 6.45) is 0. The standard InChI is InChI=1S/C22H19N3O3/c23-20(26)18-13-7-8-14-19(18)24-21(27)22(28)25(17-11-5-2-6-12-17)15-16-9-3-1-4-10-16/h1-14H,15H2,(H2,23,26)(H,24,27). The molecule has 3 aromatic carbocycles. The van der Waals surface area contributed by atoms with Gasteiger partial charge in [-0.05, 0) is 29.8 Å². The summed E-state index contributed by atoms with van der Waals surface area (Å²) in [6, 6.07) is 24.6. The van der Waals surface area contributed by atoms with Crippen molar-refractivity contribution in [2.45, 2.75) is 6.54 Å². The summed E-state index contributed by atoms with van der Waals surface area (Å²) >= 11 is 0. The van der Waals surface area contributed by atoms with E-state index in [0.29, 0.717) is 5.69 Å². The fraction of sp³-hybridized carbons (Fsp3) is 0.0455. The number of carbonyl (C=O) groups is 3. The van der Waals surface area contributed by atoms with E-state index in [2.05, 4.69) is 5.32 Å². The van der Waals surface area contributed by atoms with E-state index in [1.54, 1.807) is 36.4 Å². The first kappa shape index (κ1) is 18.8. The zero-order valence-corrected chi connectivity index (χ0v) is 15.0. The molecule has 3 N–H and O–H groups in total. The molecule has 3 amide bonds. The zero-order chi connectivity index (χ0) is 19.9. The summed E-state index contributed by atoms with van der Waals surface area (Å²) in [4.78, 5) is 38.5. The predicted molar refractivity (Wildman–Crippen MR) is 108 cm³/mol. The number of nitrogens with zero attached hydrogens (tertiary/aromatic N) is 1. The molecule has 0 aliphatic carbocycles. The molecular weight excluding hydrogens is 354 g/mol. The molecule has 0 aliphatic heterocycles. The maximum atomic E-state index is 12.9. The smallest absolute Gasteiger partial charge is 0.316 e. The van der Waals surface area contributed by atoms with Gasteiger partial charge in [0, 0.05) is 5.69 Å². The van der Waals surface area contributed by atoms with Crippen molar-refractivity contribution in [3.05, 3.63) is 96.1 Å². The first-order chi connectivity index (χ1) is 13.6. The SMILES string of the molecule is NC(=O)c1ccccc1NC(=O)C(=O)N(Cc1ccccc1)c1ccccc1. The number of hydrogen-bond donors (Lipinski definition) is 2. The van der Waals surface area contributed by atoms with Gasteiger partial charge in [-0.1, -0.05) is 60.7 Å². The van der Waals surface area contributed by atoms with E-state index in [-0.39, 0.29) is 17.8 Å². The monoisotopic (exact) mass is 373 g/mol. The van der Waals surface area contributed by atoms with E-state index in [9.17, 15) is 14.4 Å². The molecule has 3 aromatic rings. The third kappa shape index (κ3) is 4.42. The molecule has 0 unspecified atom stereocenters. The Labute approximate surface area is 162 Å². The molecule has 6 heteroatoms. The van der Waals surface area contributed by atoms with Crippen molar-refractivity contribution in [1.29, 1.82) is 0 Å². The highest BCUT2D eigenvalue weighted by molar-refractivity contribution is 6.44. The largest absolute Gasteiger partial charge is 0.366 e. The van der Waals surface area contributed by atoms with E-state index in [1.807, 2.05) is 36.4 Å². The number of carbonyl (C=O) groups excluding carboxylic acids is 3. The molecule has 0 aromatic heterocycles. The third-order valence-electron chi connectivity index (χ3n) is 4.13. The molecule has 0 aliphatic rings. The molecule has 0 atom stereocenters. The van der Waals surface area contributed by atoms with Crippen LogP contribution < -0.4 is 16.0 Å². The normalized spacial score (nSPS) is 10.1. The lowest BCUT2D eigenvalue weighted by molar-refractivity contribution is -0.134. The topological polar surface area (TPSA) is 92.5 Å². The number of anilines is 2. The predicted octanol–water partition coefficient (Wildman–Crippen LogP) is 2.96. The maximum absolute atomic E-state index is 12.9. The molecule has 0 fully saturated rings. The van der Waals surface area contributed by atoms with E-state index < -0.39 is 17.7 Å². The number of rotatable bonds is 5. The van der Waals surface area contributed by atoms with Crippen LogP contribution >= 0.6 is 0 Å². The van der Waals surface area contributed by atoms with Crippen LogP contribution in [0.4, 0.5) is 11.4 Å². The van der Waals surface area contributed by atoms with Crippen molar-refractivity contribution in [3.63, 3.8) is 0 Å². The average molecular weight is 373 g/mol. The van der Waals surface area contributed by atoms with Crippen LogP contribution in [-0.2, 0) is 16.1 Å². The van der Waals surface area contributed by atoms with Gasteiger partial charge in [0.15, 0.2) is 0 Å². The number of amides is 3. The van der Waals surface area contributed by atoms with Gasteiger partial charge in [0.2, 0.25) is 0 Å². The average Bonchev–Trinajstić information content (AvgIpc) is 2.73. The van der Waals surface area contributed by atoms with Crippen LogP contribution in [0.25, 0.3) is 0 Å². The molecule has 0 spiro atoms. The van der Waals surface area contributed by atoms with Crippen LogP contribution in [-0.4, -0.2) is 17.7 Å². The fourth-order valence-electron chi connectivity index (χ4n) is 2.76. The molecule has 0 saturated heterocycles. The van der Waals surface area contributed by atoms with Gasteiger partial charge < -0.3 is 11.1 Å². The van der Waals surface area contributed by atoms with Gasteiger partial charge in [0.05, 0.1) is 17.8 Å². The Bertz CT molecular complexity index is 988. The number of para-hydroxylation sites is 2. The Morgan fingerprint density at radius 3 is 2.00 bits per heavy atom. The number of nitrogens with one attached hydrogen (secondary N) is 1. The quantitative estimate of drug-likeness (QED) is 0.674. The van der Waals surface area contributed by atoms with Crippen LogP contribution in [0.5, 0.6) is 0 Å². The molecule has 6 nitrogen and oxygen atoms in total. The van der Waals surface area contributed by atoms with Crippen molar-refractivity contribution in [2.75, 3.05) is 10.2 Å². The lowest BCUT2D eigenvalue weighted by atomic mass is 10.1. The molecule has 0 saturated carbocycles. The number of nitrogens with two attached hydrogens (primary N) is 1. The second-order valence-electron chi connectivity index (χ2n) is 6.08. The highest BCUT2D eigenvalue weighted by atomic mass is 16.2. The van der Waals surface area contributed by atoms with Gasteiger partial charge in [-0.15, -0.1) is 0 Å². The van der Waals surface area contributed by atoms with Crippen molar-refractivity contribution in [1.82, 2.24) is 0 Å². The van der Waals surface area contributed by atoms with Gasteiger partial charge in [-0.3, -0.25) is 19.3 Å². The highest BCUT2D eigenvalue weighted by Gasteiger charge is 2.24. The Balaban J connectivity index is 1.87. The summed E-state index contributed by atoms with van der Waals surface area (Å²) in [5.41, 5.74) is 7.14. The minimum absolute atomic E-state index is 0.137. The number of hydrogen-bond acceptors (Lipinski definition) is 3. The van der Waals surface area contributed by atoms with Crippen molar-refractivity contribution in [2.24, 2.45) is 5.73 Å². The van der Waals surface area contributed by atoms with Gasteiger partial charge >= 0.3 is 11.8 Å². The van der Waals surface area contributed by atoms with Crippen LogP contribution in [0.2, 0.25) is 0 Å². The zero-order valence-electron chi connectivity index (χ0n) is 15.0. The Morgan fingerprint density at radius 2 is 1.36 bits per heavy atom. The first-order valence-electron chi connectivity index (χ1n) is 8.67. The van der Waals surface area contributed by atoms with E-state index >= 15 is 0 Å². The molecule has 140 valence electrons. The van der Waals surface area contributed by atoms with Crippen LogP contribution in [0.15, 0.2) is 84.9 Å². The molecule has 0 radical (unpaired) electrons. The molecular formula is C22H19N3O3.